The fourth-order valence-electron chi connectivity index (χ4n) is 1.03. The van der Waals surface area contributed by atoms with Crippen molar-refractivity contribution in [1.29, 1.82) is 0 Å². The molecule has 4 nitrogen and oxygen atoms in total. The summed E-state index contributed by atoms with van der Waals surface area (Å²) >= 11 is 0. The van der Waals surface area contributed by atoms with Crippen molar-refractivity contribution in [1.82, 2.24) is 10.6 Å². The molecule has 70 valence electrons. The van der Waals surface area contributed by atoms with Crippen LogP contribution in [0.25, 0.3) is 0 Å². The highest BCUT2D eigenvalue weighted by Crippen LogP contribution is 1.98. The monoisotopic (exact) mass is 172 g/mol. The molecule has 0 aromatic rings. The molecule has 2 N–H and O–H groups in total. The maximum atomic E-state index is 5.34. The first-order valence-electron chi connectivity index (χ1n) is 4.31. The zero-order valence-electron chi connectivity index (χ0n) is 7.59. The molecule has 0 aromatic carbocycles. The minimum absolute atomic E-state index is 0.0687. The molecular weight excluding hydrogens is 156 g/mol. The average Bonchev–Trinajstić information content (AvgIpc) is 2.09. The van der Waals surface area contributed by atoms with Gasteiger partial charge in [0.05, 0.1) is 19.4 Å². The van der Waals surface area contributed by atoms with Crippen LogP contribution in [0.2, 0.25) is 0 Å². The zero-order chi connectivity index (χ0) is 8.81. The van der Waals surface area contributed by atoms with Gasteiger partial charge in [-0.15, -0.1) is 0 Å². The molecule has 0 radical (unpaired) electrons. The third-order valence-corrected chi connectivity index (χ3v) is 1.53. The first-order valence-corrected chi connectivity index (χ1v) is 4.31. The standard InChI is InChI=1S/C8H16N2O2/c1-3-11-7-5-10-8(6-9-7)12-4-2/h5,8-10H,3-4,6H2,1-2H3. The van der Waals surface area contributed by atoms with Gasteiger partial charge in [-0.2, -0.15) is 0 Å². The predicted octanol–water partition coefficient (Wildman–Crippen LogP) is 0.377. The maximum Gasteiger partial charge on any atom is 0.203 e. The summed E-state index contributed by atoms with van der Waals surface area (Å²) in [5.74, 6) is 0.786. The molecule has 0 amide bonds. The van der Waals surface area contributed by atoms with E-state index < -0.39 is 0 Å². The Kier molecular flexibility index (Phi) is 3.73. The molecule has 0 saturated carbocycles. The van der Waals surface area contributed by atoms with Crippen molar-refractivity contribution in [2.24, 2.45) is 0 Å². The minimum Gasteiger partial charge on any atom is -0.478 e. The van der Waals surface area contributed by atoms with Crippen LogP contribution in [0.1, 0.15) is 13.8 Å². The summed E-state index contributed by atoms with van der Waals surface area (Å²) in [6.45, 7) is 6.08. The Bertz CT molecular complexity index is 159. The lowest BCUT2D eigenvalue weighted by Gasteiger charge is -2.24. The summed E-state index contributed by atoms with van der Waals surface area (Å²) in [4.78, 5) is 0. The molecular formula is C8H16N2O2. The van der Waals surface area contributed by atoms with Gasteiger partial charge in [-0.3, -0.25) is 0 Å². The van der Waals surface area contributed by atoms with Crippen molar-refractivity contribution in [2.45, 2.75) is 20.1 Å². The number of hydrogen-bond acceptors (Lipinski definition) is 4. The molecule has 1 rings (SSSR count). The second-order valence-corrected chi connectivity index (χ2v) is 2.43. The van der Waals surface area contributed by atoms with E-state index in [1.165, 1.54) is 0 Å². The van der Waals surface area contributed by atoms with Crippen molar-refractivity contribution >= 4 is 0 Å². The van der Waals surface area contributed by atoms with Crippen LogP contribution in [0, 0.1) is 0 Å². The van der Waals surface area contributed by atoms with Crippen LogP contribution in [0.3, 0.4) is 0 Å². The molecule has 1 atom stereocenters. The van der Waals surface area contributed by atoms with Gasteiger partial charge in [0.15, 0.2) is 0 Å². The van der Waals surface area contributed by atoms with Gasteiger partial charge < -0.3 is 20.1 Å². The lowest BCUT2D eigenvalue weighted by Crippen LogP contribution is -2.43. The predicted molar refractivity (Wildman–Crippen MR) is 46.3 cm³/mol. The second kappa shape index (κ2) is 4.87. The third kappa shape index (κ3) is 2.62. The molecule has 0 spiro atoms. The highest BCUT2D eigenvalue weighted by Gasteiger charge is 2.12. The molecule has 1 heterocycles. The first-order chi connectivity index (χ1) is 5.86. The summed E-state index contributed by atoms with van der Waals surface area (Å²) in [5, 5.41) is 6.19. The third-order valence-electron chi connectivity index (χ3n) is 1.53. The van der Waals surface area contributed by atoms with Gasteiger partial charge in [0.2, 0.25) is 5.88 Å². The minimum atomic E-state index is 0.0687. The lowest BCUT2D eigenvalue weighted by atomic mass is 10.4. The van der Waals surface area contributed by atoms with Crippen molar-refractivity contribution in [3.63, 3.8) is 0 Å². The fraction of sp³-hybridized carbons (Fsp3) is 0.750. The SMILES string of the molecule is CCOC1=CNC(OCC)CN1. The number of rotatable bonds is 4. The Morgan fingerprint density at radius 2 is 2.33 bits per heavy atom. The summed E-state index contributed by atoms with van der Waals surface area (Å²) in [6.07, 6.45) is 1.87. The van der Waals surface area contributed by atoms with Crippen LogP contribution < -0.4 is 10.6 Å². The van der Waals surface area contributed by atoms with Gasteiger partial charge in [-0.05, 0) is 13.8 Å². The smallest absolute Gasteiger partial charge is 0.203 e. The Hall–Kier alpha value is -0.900. The van der Waals surface area contributed by atoms with E-state index in [1.54, 1.807) is 6.20 Å². The largest absolute Gasteiger partial charge is 0.478 e. The van der Waals surface area contributed by atoms with Crippen molar-refractivity contribution < 1.29 is 9.47 Å². The summed E-state index contributed by atoms with van der Waals surface area (Å²) < 4.78 is 10.6. The van der Waals surface area contributed by atoms with E-state index in [2.05, 4.69) is 10.6 Å². The maximum absolute atomic E-state index is 5.34. The molecule has 0 aliphatic carbocycles. The van der Waals surface area contributed by atoms with Crippen molar-refractivity contribution in [3.8, 4) is 0 Å². The van der Waals surface area contributed by atoms with Gasteiger partial charge in [-0.1, -0.05) is 0 Å². The average molecular weight is 172 g/mol. The molecule has 12 heavy (non-hydrogen) atoms. The highest BCUT2D eigenvalue weighted by molar-refractivity contribution is 4.94. The van der Waals surface area contributed by atoms with Gasteiger partial charge >= 0.3 is 0 Å². The van der Waals surface area contributed by atoms with Crippen LogP contribution in [0.5, 0.6) is 0 Å². The zero-order valence-corrected chi connectivity index (χ0v) is 7.59. The Labute approximate surface area is 72.9 Å². The van der Waals surface area contributed by atoms with E-state index in [1.807, 2.05) is 13.8 Å². The molecule has 4 heteroatoms. The number of ether oxygens (including phenoxy) is 2. The van der Waals surface area contributed by atoms with Gasteiger partial charge in [0.25, 0.3) is 0 Å². The van der Waals surface area contributed by atoms with Gasteiger partial charge in [0.1, 0.15) is 6.23 Å². The van der Waals surface area contributed by atoms with E-state index >= 15 is 0 Å². The molecule has 1 aliphatic heterocycles. The van der Waals surface area contributed by atoms with Crippen LogP contribution in [0.4, 0.5) is 0 Å². The van der Waals surface area contributed by atoms with Crippen molar-refractivity contribution in [2.75, 3.05) is 19.8 Å². The molecule has 0 fully saturated rings. The van der Waals surface area contributed by atoms with Crippen LogP contribution in [-0.2, 0) is 9.47 Å². The fourth-order valence-corrected chi connectivity index (χ4v) is 1.03. The van der Waals surface area contributed by atoms with Crippen LogP contribution in [0.15, 0.2) is 12.1 Å². The quantitative estimate of drug-likeness (QED) is 0.643. The van der Waals surface area contributed by atoms with Crippen molar-refractivity contribution in [3.05, 3.63) is 12.1 Å². The molecule has 1 unspecified atom stereocenters. The Balaban J connectivity index is 2.26. The summed E-state index contributed by atoms with van der Waals surface area (Å²) in [6, 6.07) is 0. The van der Waals surface area contributed by atoms with E-state index in [0.717, 1.165) is 19.0 Å². The molecule has 0 saturated heterocycles. The Morgan fingerprint density at radius 3 is 2.83 bits per heavy atom. The topological polar surface area (TPSA) is 42.5 Å². The van der Waals surface area contributed by atoms with E-state index in [4.69, 9.17) is 9.47 Å². The van der Waals surface area contributed by atoms with Gasteiger partial charge in [0, 0.05) is 6.61 Å². The normalized spacial score (nSPS) is 22.2. The van der Waals surface area contributed by atoms with E-state index in [0.29, 0.717) is 6.61 Å². The van der Waals surface area contributed by atoms with Crippen LogP contribution in [-0.4, -0.2) is 26.0 Å². The second-order valence-electron chi connectivity index (χ2n) is 2.43. The summed E-state index contributed by atoms with van der Waals surface area (Å²) in [5.41, 5.74) is 0. The summed E-state index contributed by atoms with van der Waals surface area (Å²) in [7, 11) is 0. The number of nitrogens with one attached hydrogen (secondary N) is 2. The van der Waals surface area contributed by atoms with Crippen LogP contribution >= 0.6 is 0 Å². The lowest BCUT2D eigenvalue weighted by molar-refractivity contribution is 0.0364. The Morgan fingerprint density at radius 1 is 1.50 bits per heavy atom. The molecule has 1 aliphatic rings. The first kappa shape index (κ1) is 9.19. The van der Waals surface area contributed by atoms with Gasteiger partial charge in [-0.25, -0.2) is 0 Å². The van der Waals surface area contributed by atoms with E-state index in [-0.39, 0.29) is 6.23 Å². The molecule has 0 bridgehead atoms. The number of hydrogen-bond donors (Lipinski definition) is 2. The van der Waals surface area contributed by atoms with E-state index in [9.17, 15) is 0 Å². The molecule has 0 aromatic heterocycles. The highest BCUT2D eigenvalue weighted by atomic mass is 16.5.